The lowest BCUT2D eigenvalue weighted by Gasteiger charge is -2.26. The van der Waals surface area contributed by atoms with Gasteiger partial charge in [0.25, 0.3) is 5.56 Å². The maximum absolute atomic E-state index is 12.1. The summed E-state index contributed by atoms with van der Waals surface area (Å²) in [6.45, 7) is 0.229. The summed E-state index contributed by atoms with van der Waals surface area (Å²) in [5, 5.41) is 22.6. The predicted octanol–water partition coefficient (Wildman–Crippen LogP) is 0.308. The van der Waals surface area contributed by atoms with Gasteiger partial charge in [0.1, 0.15) is 35.3 Å². The molecule has 8 N–H and O–H groups in total. The topological polar surface area (TPSA) is 280 Å². The highest BCUT2D eigenvalue weighted by Crippen LogP contribution is 2.66. The molecule has 21 heteroatoms. The Bertz CT molecular complexity index is 1580. The van der Waals surface area contributed by atoms with E-state index in [0.29, 0.717) is 16.3 Å². The van der Waals surface area contributed by atoms with Crippen LogP contribution in [0.2, 0.25) is 0 Å². The van der Waals surface area contributed by atoms with Gasteiger partial charge in [-0.2, -0.15) is 8.62 Å². The van der Waals surface area contributed by atoms with E-state index < -0.39 is 59.5 Å². The number of phosphoric acid groups is 3. The summed E-state index contributed by atoms with van der Waals surface area (Å²) in [5.74, 6) is 0.168. The Kier molecular flexibility index (Phi) is 7.53. The minimum Gasteiger partial charge on any atom is -0.496 e. The molecule has 210 valence electrons. The van der Waals surface area contributed by atoms with Gasteiger partial charge in [-0.3, -0.25) is 9.32 Å². The number of ether oxygens (including phenoxy) is 2. The van der Waals surface area contributed by atoms with Crippen LogP contribution in [0, 0.1) is 0 Å². The monoisotopic (exact) mass is 601 g/mol. The van der Waals surface area contributed by atoms with E-state index in [2.05, 4.69) is 28.1 Å². The molecule has 1 aromatic carbocycles. The normalized spacial score (nSPS) is 27.4. The average molecular weight is 601 g/mol. The van der Waals surface area contributed by atoms with E-state index in [1.54, 1.807) is 0 Å². The Balaban J connectivity index is 1.63. The fraction of sp³-hybridized carbons (Fsp3) is 0.412. The first-order valence-corrected chi connectivity index (χ1v) is 14.9. The fourth-order valence-electron chi connectivity index (χ4n) is 4.13. The van der Waals surface area contributed by atoms with Crippen molar-refractivity contribution in [3.05, 3.63) is 34.4 Å². The van der Waals surface area contributed by atoms with Crippen molar-refractivity contribution in [3.63, 3.8) is 0 Å². The molecule has 38 heavy (non-hydrogen) atoms. The Morgan fingerprint density at radius 3 is 2.45 bits per heavy atom. The lowest BCUT2D eigenvalue weighted by atomic mass is 9.89. The summed E-state index contributed by atoms with van der Waals surface area (Å²) in [6, 6.07) is 2.72. The molecule has 2 unspecified atom stereocenters. The minimum atomic E-state index is -5.75. The number of hydrogen-bond acceptors (Lipinski definition) is 12. The number of phosphoric ester groups is 1. The van der Waals surface area contributed by atoms with Crippen molar-refractivity contribution in [1.82, 2.24) is 15.0 Å². The van der Waals surface area contributed by atoms with E-state index in [0.717, 1.165) is 0 Å². The van der Waals surface area contributed by atoms with Crippen LogP contribution in [0.5, 0.6) is 5.75 Å². The molecule has 1 aliphatic rings. The Morgan fingerprint density at radius 1 is 1.13 bits per heavy atom. The van der Waals surface area contributed by atoms with E-state index in [1.807, 2.05) is 0 Å². The first-order valence-electron chi connectivity index (χ1n) is 10.4. The molecule has 0 radical (unpaired) electrons. The van der Waals surface area contributed by atoms with Crippen LogP contribution in [0.1, 0.15) is 18.6 Å². The molecule has 1 aliphatic heterocycles. The number of methoxy groups -OCH3 is 1. The summed E-state index contributed by atoms with van der Waals surface area (Å²) in [7, 11) is -15.5. The molecule has 3 heterocycles. The van der Waals surface area contributed by atoms with Gasteiger partial charge in [0, 0.05) is 17.0 Å². The second-order valence-corrected chi connectivity index (χ2v) is 12.7. The fourth-order valence-corrected chi connectivity index (χ4v) is 7.16. The zero-order valence-electron chi connectivity index (χ0n) is 19.3. The van der Waals surface area contributed by atoms with Crippen molar-refractivity contribution in [2.75, 3.05) is 13.7 Å². The maximum atomic E-state index is 12.1. The van der Waals surface area contributed by atoms with E-state index in [1.165, 1.54) is 32.5 Å². The first kappa shape index (κ1) is 29.0. The Hall–Kier alpha value is -2.01. The van der Waals surface area contributed by atoms with Crippen LogP contribution in [-0.2, 0) is 31.6 Å². The molecule has 2 aromatic heterocycles. The van der Waals surface area contributed by atoms with Gasteiger partial charge in [0.05, 0.1) is 30.9 Å². The zero-order valence-corrected chi connectivity index (χ0v) is 22.0. The van der Waals surface area contributed by atoms with E-state index >= 15 is 0 Å². The minimum absolute atomic E-state index is 0.168. The number of rotatable bonds is 9. The van der Waals surface area contributed by atoms with Crippen LogP contribution in [0.25, 0.3) is 21.9 Å². The van der Waals surface area contributed by atoms with Gasteiger partial charge >= 0.3 is 23.5 Å². The molecule has 1 saturated heterocycles. The second kappa shape index (κ2) is 9.87. The molecule has 0 amide bonds. The number of aromatic amines is 2. The van der Waals surface area contributed by atoms with Crippen LogP contribution in [0.4, 0.5) is 0 Å². The highest BCUT2D eigenvalue weighted by atomic mass is 31.3. The van der Waals surface area contributed by atoms with E-state index in [-0.39, 0.29) is 17.0 Å². The second-order valence-electron chi connectivity index (χ2n) is 8.33. The first-order chi connectivity index (χ1) is 17.4. The molecule has 18 nitrogen and oxygen atoms in total. The number of H-pyrrole nitrogens is 2. The number of nitrogens with one attached hydrogen (secondary N) is 2. The summed E-state index contributed by atoms with van der Waals surface area (Å²) >= 11 is 0. The number of nitrogens with zero attached hydrogens (tertiary/aromatic N) is 1. The van der Waals surface area contributed by atoms with Gasteiger partial charge in [-0.1, -0.05) is 0 Å². The largest absolute Gasteiger partial charge is 0.496 e. The van der Waals surface area contributed by atoms with Gasteiger partial charge in [-0.25, -0.2) is 18.7 Å². The molecule has 3 aromatic rings. The lowest BCUT2D eigenvalue weighted by Crippen LogP contribution is -2.43. The smallest absolute Gasteiger partial charge is 0.490 e. The summed E-state index contributed by atoms with van der Waals surface area (Å²) in [5.41, 5.74) is -1.73. The van der Waals surface area contributed by atoms with Crippen molar-refractivity contribution >= 4 is 45.4 Å². The van der Waals surface area contributed by atoms with Crippen molar-refractivity contribution in [3.8, 4) is 5.75 Å². The van der Waals surface area contributed by atoms with Crippen molar-refractivity contribution in [2.24, 2.45) is 0 Å². The number of aromatic nitrogens is 3. The maximum Gasteiger partial charge on any atom is 0.490 e. The Morgan fingerprint density at radius 2 is 1.82 bits per heavy atom. The third-order valence-corrected chi connectivity index (χ3v) is 9.43. The molecule has 0 bridgehead atoms. The SMILES string of the molecule is COc1cc(=O)[nH]c2nc[nH]c3c([C@@H]4O[C@H](COP(=O)(O)OP(=O)(O)OP(=O)(O)O)[C@@H](O)[C@@]4(C)O)cc1c23. The molecule has 0 saturated carbocycles. The van der Waals surface area contributed by atoms with E-state index in [9.17, 15) is 38.5 Å². The van der Waals surface area contributed by atoms with Crippen molar-refractivity contribution in [2.45, 2.75) is 30.8 Å². The van der Waals surface area contributed by atoms with Gasteiger partial charge in [-0.05, 0) is 13.0 Å². The molecule has 4 rings (SSSR count). The van der Waals surface area contributed by atoms with Gasteiger partial charge in [0.2, 0.25) is 0 Å². The van der Waals surface area contributed by atoms with Gasteiger partial charge < -0.3 is 49.2 Å². The number of aliphatic hydroxyl groups is 2. The third-order valence-electron chi connectivity index (χ3n) is 5.63. The molecule has 6 atom stereocenters. The zero-order chi connectivity index (χ0) is 28.3. The highest BCUT2D eigenvalue weighted by Gasteiger charge is 2.54. The molecular weight excluding hydrogens is 579 g/mol. The number of aliphatic hydroxyl groups excluding tert-OH is 1. The molecular formula is C17H22N3O15P3. The van der Waals surface area contributed by atoms with Gasteiger partial charge in [0.15, 0.2) is 0 Å². The molecule has 0 aliphatic carbocycles. The predicted molar refractivity (Wildman–Crippen MR) is 125 cm³/mol. The highest BCUT2D eigenvalue weighted by molar-refractivity contribution is 7.66. The van der Waals surface area contributed by atoms with E-state index in [4.69, 9.17) is 19.3 Å². The Labute approximate surface area is 211 Å². The third kappa shape index (κ3) is 5.78. The van der Waals surface area contributed by atoms with Crippen LogP contribution in [0.3, 0.4) is 0 Å². The molecule has 0 spiro atoms. The van der Waals surface area contributed by atoms with Gasteiger partial charge in [-0.15, -0.1) is 0 Å². The van der Waals surface area contributed by atoms with Crippen LogP contribution < -0.4 is 10.3 Å². The summed E-state index contributed by atoms with van der Waals surface area (Å²) in [6.07, 6.45) is -3.29. The van der Waals surface area contributed by atoms with Crippen LogP contribution in [-0.4, -0.2) is 76.3 Å². The lowest BCUT2D eigenvalue weighted by molar-refractivity contribution is -0.0640. The van der Waals surface area contributed by atoms with Crippen LogP contribution in [0.15, 0.2) is 23.3 Å². The average Bonchev–Trinajstić information content (AvgIpc) is 3.18. The summed E-state index contributed by atoms with van der Waals surface area (Å²) in [4.78, 5) is 57.9. The standard InChI is InChI=1S/C17H22N3O15P3/c1-17(23)14(22)10(5-32-37(27,28)35-38(29,30)34-36(24,25)26)33-15(17)8-3-7-9(31-2)4-11(21)20-16-12(7)13(8)18-6-19-16/h3-4,6,10,14-15,22-23H,5H2,1-2H3,(H,27,28)(H,29,30)(H2,24,25,26)(H2,18,19,20,21)/t10-,14-,15+,17-/m1/s1. The quantitative estimate of drug-likeness (QED) is 0.153. The number of hydrogen-bond donors (Lipinski definition) is 8. The summed E-state index contributed by atoms with van der Waals surface area (Å²) < 4.78 is 57.2. The van der Waals surface area contributed by atoms with Crippen molar-refractivity contribution < 1.29 is 66.1 Å². The van der Waals surface area contributed by atoms with Crippen LogP contribution >= 0.6 is 23.5 Å². The van der Waals surface area contributed by atoms with Crippen molar-refractivity contribution in [1.29, 1.82) is 0 Å². The molecule has 1 fully saturated rings.